The van der Waals surface area contributed by atoms with Gasteiger partial charge in [0.25, 0.3) is 5.56 Å². The lowest BCUT2D eigenvalue weighted by Gasteiger charge is -2.09. The maximum Gasteiger partial charge on any atom is 0.252 e. The zero-order valence-electron chi connectivity index (χ0n) is 20.8. The quantitative estimate of drug-likeness (QED) is 0.317. The number of nitrogens with one attached hydrogen (secondary N) is 1. The average molecular weight is 491 g/mol. The van der Waals surface area contributed by atoms with Crippen molar-refractivity contribution in [2.45, 2.75) is 45.1 Å². The van der Waals surface area contributed by atoms with Gasteiger partial charge in [-0.3, -0.25) is 9.59 Å². The minimum absolute atomic E-state index is 0.120. The van der Waals surface area contributed by atoms with E-state index in [-0.39, 0.29) is 17.9 Å². The summed E-state index contributed by atoms with van der Waals surface area (Å²) in [5.74, 6) is -0.138. The smallest absolute Gasteiger partial charge is 0.252 e. The Morgan fingerprint density at radius 3 is 2.41 bits per heavy atom. The molecule has 0 saturated heterocycles. The van der Waals surface area contributed by atoms with Crippen LogP contribution in [0.4, 0.5) is 5.69 Å². The van der Waals surface area contributed by atoms with E-state index in [4.69, 9.17) is 0 Å². The molecule has 6 heteroatoms. The van der Waals surface area contributed by atoms with Gasteiger partial charge in [0.2, 0.25) is 5.91 Å². The molecule has 2 aromatic heterocycles. The third-order valence-electron chi connectivity index (χ3n) is 6.55. The summed E-state index contributed by atoms with van der Waals surface area (Å²) in [5, 5.41) is 11.7. The second-order valence-corrected chi connectivity index (χ2v) is 9.49. The van der Waals surface area contributed by atoms with Crippen molar-refractivity contribution in [3.63, 3.8) is 0 Å². The van der Waals surface area contributed by atoms with E-state index >= 15 is 0 Å². The van der Waals surface area contributed by atoms with Crippen LogP contribution in [0.1, 0.15) is 40.9 Å². The molecule has 0 saturated carbocycles. The minimum Gasteiger partial charge on any atom is -0.326 e. The van der Waals surface area contributed by atoms with Crippen LogP contribution in [0.15, 0.2) is 95.4 Å². The molecule has 5 rings (SSSR count). The molecule has 1 aliphatic rings. The summed E-state index contributed by atoms with van der Waals surface area (Å²) in [6.07, 6.45) is 8.67. The number of anilines is 1. The highest BCUT2D eigenvalue weighted by atomic mass is 16.1. The van der Waals surface area contributed by atoms with E-state index in [1.165, 1.54) is 22.8 Å². The molecule has 4 aromatic rings. The number of aromatic nitrogens is 3. The first kappa shape index (κ1) is 24.4. The van der Waals surface area contributed by atoms with Crippen LogP contribution in [0, 0.1) is 0 Å². The fourth-order valence-electron chi connectivity index (χ4n) is 4.66. The van der Waals surface area contributed by atoms with Gasteiger partial charge in [0.15, 0.2) is 0 Å². The summed E-state index contributed by atoms with van der Waals surface area (Å²) in [5.41, 5.74) is 7.24. The molecule has 2 aromatic carbocycles. The van der Waals surface area contributed by atoms with Crippen LogP contribution < -0.4 is 10.9 Å². The lowest BCUT2D eigenvalue weighted by molar-refractivity contribution is -0.115. The second kappa shape index (κ2) is 11.6. The monoisotopic (exact) mass is 490 g/mol. The molecule has 186 valence electrons. The Labute approximate surface area is 216 Å². The van der Waals surface area contributed by atoms with Crippen molar-refractivity contribution in [3.8, 4) is 0 Å². The Morgan fingerprint density at radius 1 is 0.892 bits per heavy atom. The van der Waals surface area contributed by atoms with Crippen LogP contribution in [-0.4, -0.2) is 20.7 Å². The molecule has 0 spiro atoms. The largest absolute Gasteiger partial charge is 0.326 e. The van der Waals surface area contributed by atoms with Crippen LogP contribution in [-0.2, 0) is 37.0 Å². The summed E-state index contributed by atoms with van der Waals surface area (Å²) in [4.78, 5) is 24.8. The maximum atomic E-state index is 12.5. The minimum atomic E-state index is -0.138. The van der Waals surface area contributed by atoms with Crippen molar-refractivity contribution in [2.24, 2.45) is 0 Å². The molecular formula is C31H30N4O2. The summed E-state index contributed by atoms with van der Waals surface area (Å²) in [7, 11) is 0. The van der Waals surface area contributed by atoms with Crippen molar-refractivity contribution in [2.75, 3.05) is 5.32 Å². The van der Waals surface area contributed by atoms with Crippen LogP contribution in [0.2, 0.25) is 0 Å². The molecule has 0 aliphatic heterocycles. The van der Waals surface area contributed by atoms with E-state index in [1.54, 1.807) is 16.8 Å². The van der Waals surface area contributed by atoms with Gasteiger partial charge in [0.1, 0.15) is 0 Å². The number of hydrogen-bond donors (Lipinski definition) is 1. The summed E-state index contributed by atoms with van der Waals surface area (Å²) in [6, 6.07) is 25.4. The van der Waals surface area contributed by atoms with Crippen molar-refractivity contribution in [1.82, 2.24) is 14.8 Å². The van der Waals surface area contributed by atoms with Gasteiger partial charge in [0.05, 0.1) is 17.8 Å². The SMILES string of the molecule is O=C(Cc1ccccc1)Nc1ccn(CCCCc2cc3c(nn2)CC(Cc2ccccc2)=C3)c(=O)c1. The first-order valence-electron chi connectivity index (χ1n) is 12.8. The Balaban J connectivity index is 1.09. The zero-order valence-corrected chi connectivity index (χ0v) is 20.8. The summed E-state index contributed by atoms with van der Waals surface area (Å²) in [6.45, 7) is 0.622. The first-order valence-corrected chi connectivity index (χ1v) is 12.8. The number of aryl methyl sites for hydroxylation is 2. The number of unbranched alkanes of at least 4 members (excludes halogenated alkanes) is 1. The molecule has 0 radical (unpaired) electrons. The van der Waals surface area contributed by atoms with Crippen LogP contribution in [0.3, 0.4) is 0 Å². The zero-order chi connectivity index (χ0) is 25.5. The van der Waals surface area contributed by atoms with Gasteiger partial charge in [-0.25, -0.2) is 0 Å². The van der Waals surface area contributed by atoms with E-state index in [9.17, 15) is 9.59 Å². The number of benzene rings is 2. The lowest BCUT2D eigenvalue weighted by Crippen LogP contribution is -2.21. The molecule has 0 fully saturated rings. The van der Waals surface area contributed by atoms with Gasteiger partial charge in [-0.2, -0.15) is 10.2 Å². The number of nitrogens with zero attached hydrogens (tertiary/aromatic N) is 3. The normalized spacial score (nSPS) is 12.2. The predicted octanol–water partition coefficient (Wildman–Crippen LogP) is 5.02. The third-order valence-corrected chi connectivity index (χ3v) is 6.55. The van der Waals surface area contributed by atoms with Crippen molar-refractivity contribution < 1.29 is 4.79 Å². The molecule has 37 heavy (non-hydrogen) atoms. The number of hydrogen-bond acceptors (Lipinski definition) is 4. The van der Waals surface area contributed by atoms with Gasteiger partial charge >= 0.3 is 0 Å². The molecular weight excluding hydrogens is 460 g/mol. The van der Waals surface area contributed by atoms with Crippen LogP contribution >= 0.6 is 0 Å². The molecule has 1 N–H and O–H groups in total. The van der Waals surface area contributed by atoms with E-state index < -0.39 is 0 Å². The maximum absolute atomic E-state index is 12.5. The Hall–Kier alpha value is -4.32. The van der Waals surface area contributed by atoms with E-state index in [2.05, 4.69) is 51.9 Å². The number of carbonyl (C=O) groups is 1. The molecule has 0 atom stereocenters. The summed E-state index contributed by atoms with van der Waals surface area (Å²) < 4.78 is 1.68. The first-order chi connectivity index (χ1) is 18.1. The highest BCUT2D eigenvalue weighted by molar-refractivity contribution is 5.92. The molecule has 1 aliphatic carbocycles. The van der Waals surface area contributed by atoms with Crippen molar-refractivity contribution >= 4 is 17.7 Å². The third kappa shape index (κ3) is 6.67. The van der Waals surface area contributed by atoms with E-state index in [0.29, 0.717) is 12.2 Å². The number of rotatable bonds is 10. The number of pyridine rings is 1. The summed E-state index contributed by atoms with van der Waals surface area (Å²) >= 11 is 0. The number of allylic oxidation sites excluding steroid dienone is 1. The van der Waals surface area contributed by atoms with Gasteiger partial charge in [0, 0.05) is 30.9 Å². The van der Waals surface area contributed by atoms with Gasteiger partial charge in [-0.15, -0.1) is 0 Å². The highest BCUT2D eigenvalue weighted by Gasteiger charge is 2.16. The molecule has 2 heterocycles. The van der Waals surface area contributed by atoms with Gasteiger partial charge in [-0.1, -0.05) is 72.3 Å². The molecule has 1 amide bonds. The molecule has 0 unspecified atom stereocenters. The Kier molecular flexibility index (Phi) is 7.65. The topological polar surface area (TPSA) is 76.9 Å². The Morgan fingerprint density at radius 2 is 1.65 bits per heavy atom. The van der Waals surface area contributed by atoms with Gasteiger partial charge in [-0.05, 0) is 54.5 Å². The lowest BCUT2D eigenvalue weighted by atomic mass is 10.0. The van der Waals surface area contributed by atoms with Crippen LogP contribution in [0.25, 0.3) is 6.08 Å². The Bertz CT molecular complexity index is 1460. The second-order valence-electron chi connectivity index (χ2n) is 9.49. The van der Waals surface area contributed by atoms with E-state index in [1.807, 2.05) is 36.4 Å². The number of fused-ring (bicyclic) bond motifs is 1. The number of carbonyl (C=O) groups excluding carboxylic acids is 1. The predicted molar refractivity (Wildman–Crippen MR) is 146 cm³/mol. The van der Waals surface area contributed by atoms with E-state index in [0.717, 1.165) is 49.1 Å². The fourth-order valence-corrected chi connectivity index (χ4v) is 4.66. The van der Waals surface area contributed by atoms with Crippen molar-refractivity contribution in [3.05, 3.63) is 129 Å². The number of amides is 1. The van der Waals surface area contributed by atoms with Crippen molar-refractivity contribution in [1.29, 1.82) is 0 Å². The van der Waals surface area contributed by atoms with Crippen LogP contribution in [0.5, 0.6) is 0 Å². The average Bonchev–Trinajstić information content (AvgIpc) is 3.30. The standard InChI is InChI=1S/C31H30N4O2/c36-30(20-24-11-5-2-6-12-24)32-27-14-16-35(31(37)22-27)15-8-7-13-28-21-26-18-25(19-29(26)34-33-28)17-23-9-3-1-4-10-23/h1-6,9-12,14,16,18,21-22H,7-8,13,15,17,19-20H2,(H,32,36). The van der Waals surface area contributed by atoms with Gasteiger partial charge < -0.3 is 9.88 Å². The fraction of sp³-hybridized carbons (Fsp3) is 0.226. The highest BCUT2D eigenvalue weighted by Crippen LogP contribution is 2.26. The molecule has 6 nitrogen and oxygen atoms in total. The molecule has 0 bridgehead atoms.